The Balaban J connectivity index is 1.77. The molecule has 0 aliphatic carbocycles. The van der Waals surface area contributed by atoms with Gasteiger partial charge in [0.15, 0.2) is 0 Å². The molecule has 6 heteroatoms. The number of amides is 1. The summed E-state index contributed by atoms with van der Waals surface area (Å²) in [5, 5.41) is 12.7. The van der Waals surface area contributed by atoms with Gasteiger partial charge in [0.1, 0.15) is 17.3 Å². The zero-order valence-electron chi connectivity index (χ0n) is 11.5. The summed E-state index contributed by atoms with van der Waals surface area (Å²) in [6.45, 7) is 3.06. The van der Waals surface area contributed by atoms with Crippen LogP contribution >= 0.6 is 0 Å². The van der Waals surface area contributed by atoms with E-state index in [0.29, 0.717) is 24.5 Å². The second-order valence-corrected chi connectivity index (χ2v) is 4.85. The lowest BCUT2D eigenvalue weighted by molar-refractivity contribution is -0.118. The number of nitriles is 1. The number of anilines is 1. The third kappa shape index (κ3) is 2.89. The smallest absolute Gasteiger partial charge is 0.238 e. The number of benzene rings is 1. The van der Waals surface area contributed by atoms with E-state index in [1.165, 1.54) is 0 Å². The minimum atomic E-state index is -0.153. The summed E-state index contributed by atoms with van der Waals surface area (Å²) < 4.78 is 10.7. The van der Waals surface area contributed by atoms with E-state index in [-0.39, 0.29) is 18.2 Å². The van der Waals surface area contributed by atoms with Crippen LogP contribution in [-0.4, -0.2) is 43.7 Å². The zero-order valence-corrected chi connectivity index (χ0v) is 11.5. The van der Waals surface area contributed by atoms with Crippen molar-refractivity contribution in [1.29, 1.82) is 5.26 Å². The van der Waals surface area contributed by atoms with Crippen LogP contribution in [0.2, 0.25) is 0 Å². The van der Waals surface area contributed by atoms with Crippen LogP contribution in [0.4, 0.5) is 5.69 Å². The first-order valence-corrected chi connectivity index (χ1v) is 6.79. The molecular formula is C15H15N3O3. The highest BCUT2D eigenvalue weighted by molar-refractivity contribution is 6.03. The van der Waals surface area contributed by atoms with Crippen LogP contribution in [-0.2, 0) is 9.53 Å². The van der Waals surface area contributed by atoms with E-state index in [4.69, 9.17) is 14.4 Å². The van der Waals surface area contributed by atoms with Crippen molar-refractivity contribution >= 4 is 22.6 Å². The summed E-state index contributed by atoms with van der Waals surface area (Å²) >= 11 is 0. The number of furan rings is 1. The van der Waals surface area contributed by atoms with Crippen molar-refractivity contribution < 1.29 is 13.9 Å². The Hall–Kier alpha value is -2.36. The van der Waals surface area contributed by atoms with Gasteiger partial charge >= 0.3 is 0 Å². The topological polar surface area (TPSA) is 78.5 Å². The Morgan fingerprint density at radius 3 is 2.86 bits per heavy atom. The van der Waals surface area contributed by atoms with E-state index in [0.717, 1.165) is 18.5 Å². The summed E-state index contributed by atoms with van der Waals surface area (Å²) in [7, 11) is 0. The molecule has 1 fully saturated rings. The number of hydrogen-bond acceptors (Lipinski definition) is 5. The highest BCUT2D eigenvalue weighted by atomic mass is 16.5. The Bertz CT molecular complexity index is 696. The van der Waals surface area contributed by atoms with Crippen molar-refractivity contribution in [3.05, 3.63) is 30.0 Å². The molecule has 1 aromatic heterocycles. The van der Waals surface area contributed by atoms with E-state index < -0.39 is 0 Å². The van der Waals surface area contributed by atoms with Crippen molar-refractivity contribution in [3.8, 4) is 6.07 Å². The van der Waals surface area contributed by atoms with Gasteiger partial charge in [0.2, 0.25) is 11.7 Å². The molecule has 1 N–H and O–H groups in total. The SMILES string of the molecule is N#Cc1oc2ccccc2c1NC(=O)CN1CCOCC1. The molecule has 0 atom stereocenters. The van der Waals surface area contributed by atoms with Crippen molar-refractivity contribution in [1.82, 2.24) is 4.90 Å². The highest BCUT2D eigenvalue weighted by Crippen LogP contribution is 2.30. The lowest BCUT2D eigenvalue weighted by Crippen LogP contribution is -2.41. The normalized spacial score (nSPS) is 15.8. The van der Waals surface area contributed by atoms with Crippen LogP contribution in [0.3, 0.4) is 0 Å². The van der Waals surface area contributed by atoms with Gasteiger partial charge in [-0.25, -0.2) is 0 Å². The van der Waals surface area contributed by atoms with Crippen molar-refractivity contribution in [2.75, 3.05) is 38.2 Å². The number of morpholine rings is 1. The van der Waals surface area contributed by atoms with Gasteiger partial charge in [0.25, 0.3) is 0 Å². The van der Waals surface area contributed by atoms with E-state index in [1.54, 1.807) is 6.07 Å². The lowest BCUT2D eigenvalue weighted by atomic mass is 10.2. The summed E-state index contributed by atoms with van der Waals surface area (Å²) in [4.78, 5) is 14.2. The lowest BCUT2D eigenvalue weighted by Gasteiger charge is -2.25. The van der Waals surface area contributed by atoms with Crippen LogP contribution < -0.4 is 5.32 Å². The largest absolute Gasteiger partial charge is 0.443 e. The first-order valence-electron chi connectivity index (χ1n) is 6.79. The van der Waals surface area contributed by atoms with Crippen molar-refractivity contribution in [3.63, 3.8) is 0 Å². The molecule has 0 spiro atoms. The fraction of sp³-hybridized carbons (Fsp3) is 0.333. The molecule has 1 aliphatic rings. The number of carbonyl (C=O) groups excluding carboxylic acids is 1. The molecule has 2 heterocycles. The molecule has 2 aromatic rings. The minimum absolute atomic E-state index is 0.131. The molecular weight excluding hydrogens is 270 g/mol. The predicted molar refractivity (Wildman–Crippen MR) is 76.8 cm³/mol. The summed E-state index contributed by atoms with van der Waals surface area (Å²) in [5.74, 6) is -0.0218. The number of rotatable bonds is 3. The van der Waals surface area contributed by atoms with Gasteiger partial charge in [-0.1, -0.05) is 12.1 Å². The van der Waals surface area contributed by atoms with Gasteiger partial charge in [-0.2, -0.15) is 5.26 Å². The Morgan fingerprint density at radius 1 is 1.33 bits per heavy atom. The van der Waals surface area contributed by atoms with E-state index in [1.807, 2.05) is 29.2 Å². The molecule has 1 saturated heterocycles. The number of nitrogens with zero attached hydrogens (tertiary/aromatic N) is 2. The van der Waals surface area contributed by atoms with Crippen molar-refractivity contribution in [2.45, 2.75) is 0 Å². The minimum Gasteiger partial charge on any atom is -0.443 e. The quantitative estimate of drug-likeness (QED) is 0.926. The highest BCUT2D eigenvalue weighted by Gasteiger charge is 2.18. The first kappa shape index (κ1) is 13.6. The second kappa shape index (κ2) is 5.95. The fourth-order valence-electron chi connectivity index (χ4n) is 2.39. The maximum atomic E-state index is 12.1. The van der Waals surface area contributed by atoms with Crippen LogP contribution in [0, 0.1) is 11.3 Å². The standard InChI is InChI=1S/C15H15N3O3/c16-9-13-15(11-3-1-2-4-12(11)21-13)17-14(19)10-18-5-7-20-8-6-18/h1-4H,5-8,10H2,(H,17,19). The molecule has 0 unspecified atom stereocenters. The van der Waals surface area contributed by atoms with E-state index >= 15 is 0 Å². The fourth-order valence-corrected chi connectivity index (χ4v) is 2.39. The van der Waals surface area contributed by atoms with Gasteiger partial charge < -0.3 is 14.5 Å². The molecule has 0 bridgehead atoms. The van der Waals surface area contributed by atoms with Gasteiger partial charge in [-0.15, -0.1) is 0 Å². The van der Waals surface area contributed by atoms with Gasteiger partial charge in [-0.3, -0.25) is 9.69 Å². The molecule has 1 amide bonds. The van der Waals surface area contributed by atoms with Crippen LogP contribution in [0.5, 0.6) is 0 Å². The average molecular weight is 285 g/mol. The van der Waals surface area contributed by atoms with E-state index in [2.05, 4.69) is 5.32 Å². The van der Waals surface area contributed by atoms with Crippen LogP contribution in [0.1, 0.15) is 5.76 Å². The molecule has 0 saturated carbocycles. The number of carbonyl (C=O) groups is 1. The molecule has 1 aliphatic heterocycles. The van der Waals surface area contributed by atoms with Crippen molar-refractivity contribution in [2.24, 2.45) is 0 Å². The Kier molecular flexibility index (Phi) is 3.86. The average Bonchev–Trinajstić information content (AvgIpc) is 2.86. The molecule has 21 heavy (non-hydrogen) atoms. The first-order chi connectivity index (χ1) is 10.3. The summed E-state index contributed by atoms with van der Waals surface area (Å²) in [6, 6.07) is 9.24. The molecule has 108 valence electrons. The monoisotopic (exact) mass is 285 g/mol. The van der Waals surface area contributed by atoms with Gasteiger partial charge in [0.05, 0.1) is 19.8 Å². The molecule has 1 aromatic carbocycles. The van der Waals surface area contributed by atoms with Crippen LogP contribution in [0.15, 0.2) is 28.7 Å². The van der Waals surface area contributed by atoms with Gasteiger partial charge in [-0.05, 0) is 12.1 Å². The number of para-hydroxylation sites is 1. The summed E-state index contributed by atoms with van der Waals surface area (Å²) in [6.07, 6.45) is 0. The third-order valence-corrected chi connectivity index (χ3v) is 3.43. The van der Waals surface area contributed by atoms with E-state index in [9.17, 15) is 4.79 Å². The zero-order chi connectivity index (χ0) is 14.7. The number of fused-ring (bicyclic) bond motifs is 1. The third-order valence-electron chi connectivity index (χ3n) is 3.43. The number of hydrogen-bond donors (Lipinski definition) is 1. The molecule has 0 radical (unpaired) electrons. The predicted octanol–water partition coefficient (Wildman–Crippen LogP) is 1.58. The summed E-state index contributed by atoms with van der Waals surface area (Å²) in [5.41, 5.74) is 1.04. The molecule has 3 rings (SSSR count). The number of nitrogens with one attached hydrogen (secondary N) is 1. The second-order valence-electron chi connectivity index (χ2n) is 4.85. The molecule has 6 nitrogen and oxygen atoms in total. The van der Waals surface area contributed by atoms with Crippen LogP contribution in [0.25, 0.3) is 11.0 Å². The Morgan fingerprint density at radius 2 is 2.10 bits per heavy atom. The maximum absolute atomic E-state index is 12.1. The van der Waals surface area contributed by atoms with Gasteiger partial charge in [0, 0.05) is 18.5 Å². The Labute approximate surface area is 121 Å². The number of ether oxygens (including phenoxy) is 1. The maximum Gasteiger partial charge on any atom is 0.238 e.